The number of rotatable bonds is 4. The smallest absolute Gasteiger partial charge is 0.0915 e. The summed E-state index contributed by atoms with van der Waals surface area (Å²) in [7, 11) is 0. The lowest BCUT2D eigenvalue weighted by atomic mass is 9.81. The first-order valence-corrected chi connectivity index (χ1v) is 6.56. The van der Waals surface area contributed by atoms with E-state index in [4.69, 9.17) is 19.9 Å². The highest BCUT2D eigenvalue weighted by molar-refractivity contribution is 5.16. The van der Waals surface area contributed by atoms with Crippen molar-refractivity contribution in [1.82, 2.24) is 0 Å². The van der Waals surface area contributed by atoms with Crippen LogP contribution in [0.2, 0.25) is 0 Å². The molecule has 0 radical (unpaired) electrons. The molecule has 0 saturated carbocycles. The average Bonchev–Trinajstić information content (AvgIpc) is 2.40. The van der Waals surface area contributed by atoms with Crippen LogP contribution in [0.15, 0.2) is 11.8 Å². The second kappa shape index (κ2) is 5.85. The van der Waals surface area contributed by atoms with Crippen molar-refractivity contribution >= 4 is 0 Å². The van der Waals surface area contributed by atoms with E-state index in [1.54, 1.807) is 0 Å². The van der Waals surface area contributed by atoms with Crippen molar-refractivity contribution in [2.75, 3.05) is 26.4 Å². The number of hydrogen-bond donors (Lipinski definition) is 1. The van der Waals surface area contributed by atoms with Crippen LogP contribution in [0, 0.1) is 0 Å². The largest absolute Gasteiger partial charge is 0.501 e. The lowest BCUT2D eigenvalue weighted by Crippen LogP contribution is -2.54. The Balaban J connectivity index is 2.10. The fraction of sp³-hybridized carbons (Fsp3) is 0.846. The SMILES string of the molecule is CCOC1(C(N)C2=COCCC2)CCOCC1. The molecule has 0 aromatic rings. The lowest BCUT2D eigenvalue weighted by Gasteiger charge is -2.42. The van der Waals surface area contributed by atoms with Crippen molar-refractivity contribution < 1.29 is 14.2 Å². The van der Waals surface area contributed by atoms with Gasteiger partial charge in [-0.2, -0.15) is 0 Å². The molecular formula is C13H23NO3. The van der Waals surface area contributed by atoms with E-state index in [9.17, 15) is 0 Å². The molecule has 1 fully saturated rings. The average molecular weight is 241 g/mol. The first-order chi connectivity index (χ1) is 8.28. The van der Waals surface area contributed by atoms with Gasteiger partial charge in [-0.15, -0.1) is 0 Å². The topological polar surface area (TPSA) is 53.7 Å². The molecule has 0 bridgehead atoms. The van der Waals surface area contributed by atoms with Gasteiger partial charge in [0, 0.05) is 32.7 Å². The summed E-state index contributed by atoms with van der Waals surface area (Å²) >= 11 is 0. The molecule has 0 spiro atoms. The van der Waals surface area contributed by atoms with Crippen LogP contribution in [0.3, 0.4) is 0 Å². The van der Waals surface area contributed by atoms with Gasteiger partial charge in [-0.25, -0.2) is 0 Å². The minimum Gasteiger partial charge on any atom is -0.501 e. The molecule has 2 heterocycles. The Morgan fingerprint density at radius 1 is 1.41 bits per heavy atom. The van der Waals surface area contributed by atoms with Gasteiger partial charge >= 0.3 is 0 Å². The normalized spacial score (nSPS) is 25.9. The van der Waals surface area contributed by atoms with Gasteiger partial charge in [-0.1, -0.05) is 0 Å². The van der Waals surface area contributed by atoms with E-state index < -0.39 is 0 Å². The van der Waals surface area contributed by atoms with Crippen molar-refractivity contribution in [1.29, 1.82) is 0 Å². The molecule has 0 aliphatic carbocycles. The molecule has 1 saturated heterocycles. The van der Waals surface area contributed by atoms with Crippen LogP contribution in [-0.4, -0.2) is 38.1 Å². The fourth-order valence-corrected chi connectivity index (χ4v) is 2.70. The Kier molecular flexibility index (Phi) is 4.42. The van der Waals surface area contributed by atoms with Crippen LogP contribution in [0.25, 0.3) is 0 Å². The highest BCUT2D eigenvalue weighted by Crippen LogP contribution is 2.33. The van der Waals surface area contributed by atoms with Gasteiger partial charge < -0.3 is 19.9 Å². The Bertz CT molecular complexity index is 266. The quantitative estimate of drug-likeness (QED) is 0.812. The summed E-state index contributed by atoms with van der Waals surface area (Å²) in [6, 6.07) is -0.0633. The van der Waals surface area contributed by atoms with Crippen molar-refractivity contribution in [3.8, 4) is 0 Å². The highest BCUT2D eigenvalue weighted by Gasteiger charge is 2.41. The molecule has 4 heteroatoms. The molecule has 2 N–H and O–H groups in total. The summed E-state index contributed by atoms with van der Waals surface area (Å²) in [5.74, 6) is 0. The minimum absolute atomic E-state index is 0.0633. The van der Waals surface area contributed by atoms with E-state index in [2.05, 4.69) is 0 Å². The van der Waals surface area contributed by atoms with Gasteiger partial charge in [-0.3, -0.25) is 0 Å². The van der Waals surface area contributed by atoms with Gasteiger partial charge in [0.1, 0.15) is 0 Å². The number of nitrogens with two attached hydrogens (primary N) is 1. The summed E-state index contributed by atoms with van der Waals surface area (Å²) in [5.41, 5.74) is 7.35. The zero-order valence-electron chi connectivity index (χ0n) is 10.6. The van der Waals surface area contributed by atoms with Crippen molar-refractivity contribution in [2.45, 2.75) is 44.2 Å². The molecule has 0 aromatic heterocycles. The van der Waals surface area contributed by atoms with Crippen LogP contribution in [0.4, 0.5) is 0 Å². The third-order valence-corrected chi connectivity index (χ3v) is 3.70. The second-order valence-corrected chi connectivity index (χ2v) is 4.75. The van der Waals surface area contributed by atoms with Crippen LogP contribution < -0.4 is 5.73 Å². The molecule has 1 unspecified atom stereocenters. The maximum atomic E-state index is 6.42. The summed E-state index contributed by atoms with van der Waals surface area (Å²) in [5, 5.41) is 0. The van der Waals surface area contributed by atoms with E-state index in [0.717, 1.165) is 45.5 Å². The molecule has 1 atom stereocenters. The Labute approximate surface area is 103 Å². The van der Waals surface area contributed by atoms with Crippen molar-refractivity contribution in [3.05, 3.63) is 11.8 Å². The molecule has 98 valence electrons. The van der Waals surface area contributed by atoms with Crippen LogP contribution in [-0.2, 0) is 14.2 Å². The van der Waals surface area contributed by atoms with Crippen molar-refractivity contribution in [2.24, 2.45) is 5.73 Å². The van der Waals surface area contributed by atoms with E-state index in [1.165, 1.54) is 5.57 Å². The van der Waals surface area contributed by atoms with Gasteiger partial charge in [0.2, 0.25) is 0 Å². The second-order valence-electron chi connectivity index (χ2n) is 4.75. The summed E-state index contributed by atoms with van der Waals surface area (Å²) in [4.78, 5) is 0. The monoisotopic (exact) mass is 241 g/mol. The predicted molar refractivity (Wildman–Crippen MR) is 65.7 cm³/mol. The molecule has 0 aromatic carbocycles. The molecule has 2 aliphatic heterocycles. The zero-order chi connectivity index (χ0) is 12.1. The van der Waals surface area contributed by atoms with Crippen LogP contribution in [0.5, 0.6) is 0 Å². The van der Waals surface area contributed by atoms with E-state index >= 15 is 0 Å². The first-order valence-electron chi connectivity index (χ1n) is 6.56. The maximum Gasteiger partial charge on any atom is 0.0915 e. The first kappa shape index (κ1) is 12.9. The lowest BCUT2D eigenvalue weighted by molar-refractivity contribution is -0.115. The van der Waals surface area contributed by atoms with E-state index in [0.29, 0.717) is 6.61 Å². The highest BCUT2D eigenvalue weighted by atomic mass is 16.5. The van der Waals surface area contributed by atoms with Gasteiger partial charge in [0.05, 0.1) is 24.5 Å². The predicted octanol–water partition coefficient (Wildman–Crippen LogP) is 1.59. The Morgan fingerprint density at radius 2 is 2.18 bits per heavy atom. The van der Waals surface area contributed by atoms with Gasteiger partial charge in [0.15, 0.2) is 0 Å². The minimum atomic E-state index is -0.250. The molecule has 0 amide bonds. The van der Waals surface area contributed by atoms with Crippen LogP contribution >= 0.6 is 0 Å². The van der Waals surface area contributed by atoms with Crippen LogP contribution in [0.1, 0.15) is 32.6 Å². The Morgan fingerprint density at radius 3 is 2.76 bits per heavy atom. The molecule has 4 nitrogen and oxygen atoms in total. The maximum absolute atomic E-state index is 6.42. The fourth-order valence-electron chi connectivity index (χ4n) is 2.70. The van der Waals surface area contributed by atoms with Gasteiger partial charge in [-0.05, 0) is 25.3 Å². The third-order valence-electron chi connectivity index (χ3n) is 3.70. The zero-order valence-corrected chi connectivity index (χ0v) is 10.6. The Hall–Kier alpha value is -0.580. The molecule has 2 rings (SSSR count). The summed E-state index contributed by atoms with van der Waals surface area (Å²) in [6.07, 6.45) is 5.66. The van der Waals surface area contributed by atoms with E-state index in [1.807, 2.05) is 13.2 Å². The molecular weight excluding hydrogens is 218 g/mol. The summed E-state index contributed by atoms with van der Waals surface area (Å²) < 4.78 is 16.8. The van der Waals surface area contributed by atoms with Crippen molar-refractivity contribution in [3.63, 3.8) is 0 Å². The number of ether oxygens (including phenoxy) is 3. The third kappa shape index (κ3) is 2.81. The van der Waals surface area contributed by atoms with Gasteiger partial charge in [0.25, 0.3) is 0 Å². The van der Waals surface area contributed by atoms with E-state index in [-0.39, 0.29) is 11.6 Å². The summed E-state index contributed by atoms with van der Waals surface area (Å²) in [6.45, 7) is 5.00. The molecule has 2 aliphatic rings. The standard InChI is InChI=1S/C13H23NO3/c1-2-17-13(5-8-15-9-6-13)12(14)11-4-3-7-16-10-11/h10,12H,2-9,14H2,1H3. The molecule has 17 heavy (non-hydrogen) atoms. The number of hydrogen-bond acceptors (Lipinski definition) is 4.